The van der Waals surface area contributed by atoms with Crippen molar-refractivity contribution in [3.05, 3.63) is 0 Å². The van der Waals surface area contributed by atoms with Gasteiger partial charge in [0, 0.05) is 19.1 Å². The summed E-state index contributed by atoms with van der Waals surface area (Å²) in [6.45, 7) is 5.38. The summed E-state index contributed by atoms with van der Waals surface area (Å²) in [7, 11) is -2.97. The van der Waals surface area contributed by atoms with Gasteiger partial charge in [0.1, 0.15) is 5.60 Å². The fourth-order valence-electron chi connectivity index (χ4n) is 2.10. The minimum absolute atomic E-state index is 0.0915. The number of amides is 1. The predicted molar refractivity (Wildman–Crippen MR) is 71.6 cm³/mol. The van der Waals surface area contributed by atoms with Crippen LogP contribution in [-0.4, -0.2) is 49.9 Å². The molecule has 0 radical (unpaired) electrons. The highest BCUT2D eigenvalue weighted by molar-refractivity contribution is 7.91. The molecule has 1 saturated heterocycles. The first-order valence-corrected chi connectivity index (χ1v) is 8.23. The molecule has 0 spiro atoms. The monoisotopic (exact) mass is 293 g/mol. The smallest absolute Gasteiger partial charge is 0.407 e. The minimum atomic E-state index is -2.97. The van der Waals surface area contributed by atoms with Crippen LogP contribution in [0.3, 0.4) is 0 Å². The molecule has 1 heterocycles. The maximum Gasteiger partial charge on any atom is 0.407 e. The number of aliphatic hydroxyl groups excluding tert-OH is 1. The van der Waals surface area contributed by atoms with Gasteiger partial charge in [-0.3, -0.25) is 0 Å². The van der Waals surface area contributed by atoms with Crippen LogP contribution in [0.5, 0.6) is 0 Å². The molecule has 0 bridgehead atoms. The van der Waals surface area contributed by atoms with E-state index < -0.39 is 21.5 Å². The van der Waals surface area contributed by atoms with Crippen LogP contribution in [0.4, 0.5) is 4.79 Å². The third-order valence-corrected chi connectivity index (χ3v) is 4.87. The fourth-order valence-corrected chi connectivity index (χ4v) is 4.02. The van der Waals surface area contributed by atoms with E-state index in [9.17, 15) is 18.3 Å². The molecule has 0 aromatic rings. The van der Waals surface area contributed by atoms with E-state index in [1.54, 1.807) is 20.8 Å². The lowest BCUT2D eigenvalue weighted by atomic mass is 9.92. The van der Waals surface area contributed by atoms with E-state index in [2.05, 4.69) is 5.32 Å². The molecule has 1 fully saturated rings. The largest absolute Gasteiger partial charge is 0.444 e. The molecule has 0 aromatic heterocycles. The highest BCUT2D eigenvalue weighted by Crippen LogP contribution is 2.25. The number of ether oxygens (including phenoxy) is 1. The van der Waals surface area contributed by atoms with Gasteiger partial charge in [0.2, 0.25) is 0 Å². The molecule has 1 aliphatic heterocycles. The molecular weight excluding hydrogens is 270 g/mol. The summed E-state index contributed by atoms with van der Waals surface area (Å²) in [4.78, 5) is 11.5. The molecule has 0 saturated carbocycles. The summed E-state index contributed by atoms with van der Waals surface area (Å²) in [5.74, 6) is -0.0795. The van der Waals surface area contributed by atoms with E-state index in [1.807, 2.05) is 0 Å². The second-order valence-corrected chi connectivity index (χ2v) is 8.22. The van der Waals surface area contributed by atoms with Crippen molar-refractivity contribution in [2.75, 3.05) is 24.7 Å². The van der Waals surface area contributed by atoms with Gasteiger partial charge in [0.15, 0.2) is 9.84 Å². The third-order valence-electron chi connectivity index (χ3n) is 3.08. The Hall–Kier alpha value is -0.820. The van der Waals surface area contributed by atoms with Gasteiger partial charge in [-0.2, -0.15) is 0 Å². The van der Waals surface area contributed by atoms with Gasteiger partial charge >= 0.3 is 6.09 Å². The van der Waals surface area contributed by atoms with Crippen molar-refractivity contribution in [3.63, 3.8) is 0 Å². The summed E-state index contributed by atoms with van der Waals surface area (Å²) < 4.78 is 27.9. The molecule has 6 nitrogen and oxygen atoms in total. The Morgan fingerprint density at radius 2 is 2.11 bits per heavy atom. The van der Waals surface area contributed by atoms with Gasteiger partial charge in [-0.15, -0.1) is 0 Å². The summed E-state index contributed by atoms with van der Waals surface area (Å²) in [5, 5.41) is 11.9. The van der Waals surface area contributed by atoms with Crippen LogP contribution in [0.25, 0.3) is 0 Å². The molecule has 2 unspecified atom stereocenters. The van der Waals surface area contributed by atoms with Crippen molar-refractivity contribution in [1.29, 1.82) is 0 Å². The van der Waals surface area contributed by atoms with Crippen LogP contribution in [0.15, 0.2) is 0 Å². The summed E-state index contributed by atoms with van der Waals surface area (Å²) >= 11 is 0. The van der Waals surface area contributed by atoms with Gasteiger partial charge in [0.25, 0.3) is 0 Å². The Balaban J connectivity index is 2.44. The quantitative estimate of drug-likeness (QED) is 0.790. The minimum Gasteiger partial charge on any atom is -0.444 e. The molecule has 0 aromatic carbocycles. The molecule has 2 N–H and O–H groups in total. The second-order valence-electron chi connectivity index (χ2n) is 5.99. The Bertz CT molecular complexity index is 412. The molecule has 7 heteroatoms. The number of hydrogen-bond acceptors (Lipinski definition) is 5. The summed E-state index contributed by atoms with van der Waals surface area (Å²) in [6.07, 6.45) is -0.00406. The van der Waals surface area contributed by atoms with Crippen LogP contribution in [-0.2, 0) is 14.6 Å². The second kappa shape index (κ2) is 6.09. The first kappa shape index (κ1) is 16.2. The molecular formula is C12H23NO5S. The molecule has 1 aliphatic rings. The van der Waals surface area contributed by atoms with E-state index >= 15 is 0 Å². The van der Waals surface area contributed by atoms with Crippen LogP contribution < -0.4 is 5.32 Å². The predicted octanol–water partition coefficient (Wildman–Crippen LogP) is 0.554. The highest BCUT2D eigenvalue weighted by atomic mass is 32.2. The Morgan fingerprint density at radius 3 is 2.53 bits per heavy atom. The number of aliphatic hydroxyl groups is 1. The molecule has 112 valence electrons. The van der Waals surface area contributed by atoms with Crippen molar-refractivity contribution in [1.82, 2.24) is 5.32 Å². The number of carbonyl (C=O) groups excluding carboxylic acids is 1. The third kappa shape index (κ3) is 5.78. The van der Waals surface area contributed by atoms with Crippen LogP contribution in [0, 0.1) is 11.8 Å². The normalized spacial score (nSPS) is 23.9. The van der Waals surface area contributed by atoms with Crippen LogP contribution >= 0.6 is 0 Å². The first-order chi connectivity index (χ1) is 8.63. The van der Waals surface area contributed by atoms with E-state index in [0.29, 0.717) is 6.42 Å². The van der Waals surface area contributed by atoms with E-state index in [0.717, 1.165) is 0 Å². The number of rotatable bonds is 4. The van der Waals surface area contributed by atoms with E-state index in [1.165, 1.54) is 0 Å². The van der Waals surface area contributed by atoms with Crippen molar-refractivity contribution in [3.8, 4) is 0 Å². The Morgan fingerprint density at radius 1 is 1.47 bits per heavy atom. The zero-order valence-electron chi connectivity index (χ0n) is 11.7. The molecule has 0 aliphatic carbocycles. The maximum atomic E-state index is 11.5. The maximum absolute atomic E-state index is 11.5. The molecule has 1 amide bonds. The molecule has 19 heavy (non-hydrogen) atoms. The molecule has 2 atom stereocenters. The zero-order valence-corrected chi connectivity index (χ0v) is 12.5. The van der Waals surface area contributed by atoms with Crippen LogP contribution in [0.1, 0.15) is 27.2 Å². The highest BCUT2D eigenvalue weighted by Gasteiger charge is 2.33. The van der Waals surface area contributed by atoms with Crippen molar-refractivity contribution >= 4 is 15.9 Å². The van der Waals surface area contributed by atoms with Gasteiger partial charge in [-0.1, -0.05) is 0 Å². The Labute approximate surface area is 114 Å². The number of sulfone groups is 1. The van der Waals surface area contributed by atoms with Gasteiger partial charge < -0.3 is 15.2 Å². The average molecular weight is 293 g/mol. The van der Waals surface area contributed by atoms with E-state index in [4.69, 9.17) is 4.74 Å². The van der Waals surface area contributed by atoms with Crippen molar-refractivity contribution in [2.45, 2.75) is 32.8 Å². The number of alkyl carbamates (subject to hydrolysis) is 1. The average Bonchev–Trinajstić information content (AvgIpc) is 2.57. The molecule has 1 rings (SSSR count). The lowest BCUT2D eigenvalue weighted by Crippen LogP contribution is -2.38. The fraction of sp³-hybridized carbons (Fsp3) is 0.917. The number of nitrogens with one attached hydrogen (secondary N) is 1. The van der Waals surface area contributed by atoms with E-state index in [-0.39, 0.29) is 36.5 Å². The lowest BCUT2D eigenvalue weighted by Gasteiger charge is -2.23. The summed E-state index contributed by atoms with van der Waals surface area (Å²) in [6, 6.07) is 0. The number of hydrogen-bond donors (Lipinski definition) is 2. The van der Waals surface area contributed by atoms with Gasteiger partial charge in [0.05, 0.1) is 11.5 Å². The zero-order chi connectivity index (χ0) is 14.7. The number of carbonyl (C=O) groups is 1. The van der Waals surface area contributed by atoms with Gasteiger partial charge in [-0.25, -0.2) is 13.2 Å². The van der Waals surface area contributed by atoms with Crippen molar-refractivity contribution < 1.29 is 23.1 Å². The van der Waals surface area contributed by atoms with Crippen molar-refractivity contribution in [2.24, 2.45) is 11.8 Å². The van der Waals surface area contributed by atoms with Gasteiger partial charge in [-0.05, 0) is 33.1 Å². The summed E-state index contributed by atoms with van der Waals surface area (Å²) in [5.41, 5.74) is -0.574. The SMILES string of the molecule is CC(C)(C)OC(=O)NCC(CO)C1CCS(=O)(=O)C1. The standard InChI is InChI=1S/C12H23NO5S/c1-12(2,3)18-11(15)13-6-10(7-14)9-4-5-19(16,17)8-9/h9-10,14H,4-8H2,1-3H3,(H,13,15). The Kier molecular flexibility index (Phi) is 5.20. The topological polar surface area (TPSA) is 92.7 Å². The first-order valence-electron chi connectivity index (χ1n) is 6.41. The van der Waals surface area contributed by atoms with Crippen LogP contribution in [0.2, 0.25) is 0 Å². The lowest BCUT2D eigenvalue weighted by molar-refractivity contribution is 0.0504.